The molecule has 0 spiro atoms. The van der Waals surface area contributed by atoms with Crippen molar-refractivity contribution in [2.75, 3.05) is 19.6 Å². The summed E-state index contributed by atoms with van der Waals surface area (Å²) in [5, 5.41) is 0. The molecule has 146 valence electrons. The number of likely N-dealkylation sites (tertiary alicyclic amines) is 1. The lowest BCUT2D eigenvalue weighted by Gasteiger charge is -2.14. The van der Waals surface area contributed by atoms with Crippen LogP contribution >= 0.6 is 11.9 Å². The van der Waals surface area contributed by atoms with Crippen molar-refractivity contribution >= 4 is 11.9 Å². The number of nitrogens with one attached hydrogen (secondary N) is 1. The molecule has 2 aromatic rings. The molecule has 3 heteroatoms. The quantitative estimate of drug-likeness (QED) is 0.495. The van der Waals surface area contributed by atoms with Crippen LogP contribution in [0, 0.1) is 0 Å². The first-order valence-electron chi connectivity index (χ1n) is 10.6. The minimum Gasteiger partial charge on any atom is -0.303 e. The molecule has 27 heavy (non-hydrogen) atoms. The van der Waals surface area contributed by atoms with Gasteiger partial charge in [0, 0.05) is 17.5 Å². The Balaban J connectivity index is 1.49. The fourth-order valence-electron chi connectivity index (χ4n) is 3.61. The molecule has 1 N–H and O–H groups in total. The fourth-order valence-corrected chi connectivity index (χ4v) is 4.34. The number of hydrogen-bond acceptors (Lipinski definition) is 3. The molecule has 1 saturated heterocycles. The average Bonchev–Trinajstić information content (AvgIpc) is 3.24. The van der Waals surface area contributed by atoms with E-state index in [0.29, 0.717) is 6.04 Å². The maximum absolute atomic E-state index is 3.55. The third kappa shape index (κ3) is 6.67. The number of unbranched alkanes of at least 4 members (excludes halogenated alkanes) is 1. The molecule has 2 aromatic carbocycles. The molecule has 1 atom stereocenters. The van der Waals surface area contributed by atoms with Crippen molar-refractivity contribution in [3.05, 3.63) is 54.1 Å². The molecule has 0 aromatic heterocycles. The van der Waals surface area contributed by atoms with Gasteiger partial charge in [-0.1, -0.05) is 56.2 Å². The van der Waals surface area contributed by atoms with E-state index in [0.717, 1.165) is 6.42 Å². The molecule has 1 aliphatic heterocycles. The number of nitrogens with zero attached hydrogens (tertiary/aromatic N) is 1. The van der Waals surface area contributed by atoms with Gasteiger partial charge in [0.15, 0.2) is 0 Å². The van der Waals surface area contributed by atoms with Crippen molar-refractivity contribution in [1.29, 1.82) is 0 Å². The highest BCUT2D eigenvalue weighted by atomic mass is 32.2. The first-order valence-corrected chi connectivity index (χ1v) is 11.4. The van der Waals surface area contributed by atoms with Crippen molar-refractivity contribution in [2.24, 2.45) is 0 Å². The number of benzene rings is 2. The van der Waals surface area contributed by atoms with Gasteiger partial charge in [-0.15, -0.1) is 0 Å². The van der Waals surface area contributed by atoms with Gasteiger partial charge in [0.25, 0.3) is 0 Å². The SMILES string of the molecule is CCCCC(C)NSc1ccc(-c2ccc(CCN3CCCC3)cc2)cc1. The Bertz CT molecular complexity index is 660. The highest BCUT2D eigenvalue weighted by molar-refractivity contribution is 7.97. The van der Waals surface area contributed by atoms with Crippen molar-refractivity contribution in [3.63, 3.8) is 0 Å². The normalized spacial score (nSPS) is 15.9. The van der Waals surface area contributed by atoms with Gasteiger partial charge in [0.05, 0.1) is 0 Å². The van der Waals surface area contributed by atoms with Gasteiger partial charge in [-0.25, -0.2) is 0 Å². The predicted molar refractivity (Wildman–Crippen MR) is 119 cm³/mol. The molecule has 0 amide bonds. The summed E-state index contributed by atoms with van der Waals surface area (Å²) in [5.41, 5.74) is 4.05. The van der Waals surface area contributed by atoms with Crippen LogP contribution in [0.15, 0.2) is 53.4 Å². The van der Waals surface area contributed by atoms with Crippen LogP contribution in [0.25, 0.3) is 11.1 Å². The first-order chi connectivity index (χ1) is 13.2. The summed E-state index contributed by atoms with van der Waals surface area (Å²) in [6.45, 7) is 8.29. The summed E-state index contributed by atoms with van der Waals surface area (Å²) in [4.78, 5) is 3.87. The van der Waals surface area contributed by atoms with Crippen LogP contribution in [-0.4, -0.2) is 30.6 Å². The average molecular weight is 383 g/mol. The summed E-state index contributed by atoms with van der Waals surface area (Å²) in [6.07, 6.45) is 7.72. The molecule has 2 nitrogen and oxygen atoms in total. The molecular formula is C24H34N2S. The third-order valence-corrected chi connectivity index (χ3v) is 6.45. The molecule has 0 saturated carbocycles. The van der Waals surface area contributed by atoms with Crippen LogP contribution in [-0.2, 0) is 6.42 Å². The lowest BCUT2D eigenvalue weighted by atomic mass is 10.0. The van der Waals surface area contributed by atoms with Crippen LogP contribution in [0.1, 0.15) is 51.5 Å². The molecule has 1 heterocycles. The third-order valence-electron chi connectivity index (χ3n) is 5.43. The second-order valence-corrected chi connectivity index (χ2v) is 8.69. The summed E-state index contributed by atoms with van der Waals surface area (Å²) in [6, 6.07) is 18.6. The maximum Gasteiger partial charge on any atom is 0.0228 e. The molecule has 1 fully saturated rings. The second kappa shape index (κ2) is 10.9. The van der Waals surface area contributed by atoms with E-state index in [9.17, 15) is 0 Å². The van der Waals surface area contributed by atoms with E-state index in [1.54, 1.807) is 11.9 Å². The van der Waals surface area contributed by atoms with E-state index >= 15 is 0 Å². The van der Waals surface area contributed by atoms with Crippen LogP contribution in [0.5, 0.6) is 0 Å². The lowest BCUT2D eigenvalue weighted by Crippen LogP contribution is -2.21. The molecule has 3 rings (SSSR count). The van der Waals surface area contributed by atoms with Gasteiger partial charge in [-0.05, 0) is 86.5 Å². The van der Waals surface area contributed by atoms with Gasteiger partial charge in [0.2, 0.25) is 0 Å². The minimum absolute atomic E-state index is 0.558. The Morgan fingerprint density at radius 3 is 2.22 bits per heavy atom. The molecule has 1 aliphatic rings. The highest BCUT2D eigenvalue weighted by Crippen LogP contribution is 2.24. The molecule has 1 unspecified atom stereocenters. The van der Waals surface area contributed by atoms with Crippen molar-refractivity contribution in [3.8, 4) is 11.1 Å². The van der Waals surface area contributed by atoms with E-state index in [4.69, 9.17) is 0 Å². The zero-order valence-corrected chi connectivity index (χ0v) is 17.7. The maximum atomic E-state index is 3.55. The zero-order valence-electron chi connectivity index (χ0n) is 16.9. The number of hydrogen-bond donors (Lipinski definition) is 1. The first kappa shape index (κ1) is 20.4. The van der Waals surface area contributed by atoms with E-state index in [1.165, 1.54) is 73.3 Å². The summed E-state index contributed by atoms with van der Waals surface area (Å²) < 4.78 is 3.55. The largest absolute Gasteiger partial charge is 0.303 e. The van der Waals surface area contributed by atoms with Gasteiger partial charge < -0.3 is 4.90 Å². The van der Waals surface area contributed by atoms with E-state index in [1.807, 2.05) is 0 Å². The fraction of sp³-hybridized carbons (Fsp3) is 0.500. The van der Waals surface area contributed by atoms with E-state index < -0.39 is 0 Å². The minimum atomic E-state index is 0.558. The van der Waals surface area contributed by atoms with Crippen LogP contribution < -0.4 is 4.72 Å². The van der Waals surface area contributed by atoms with Crippen molar-refractivity contribution in [1.82, 2.24) is 9.62 Å². The van der Waals surface area contributed by atoms with Crippen LogP contribution in [0.2, 0.25) is 0 Å². The van der Waals surface area contributed by atoms with Crippen molar-refractivity contribution in [2.45, 2.75) is 63.3 Å². The van der Waals surface area contributed by atoms with E-state index in [2.05, 4.69) is 72.0 Å². The van der Waals surface area contributed by atoms with Gasteiger partial charge in [-0.3, -0.25) is 4.72 Å². The Morgan fingerprint density at radius 1 is 0.963 bits per heavy atom. The lowest BCUT2D eigenvalue weighted by molar-refractivity contribution is 0.343. The van der Waals surface area contributed by atoms with Gasteiger partial charge >= 0.3 is 0 Å². The Kier molecular flexibility index (Phi) is 8.25. The number of rotatable bonds is 10. The van der Waals surface area contributed by atoms with E-state index in [-0.39, 0.29) is 0 Å². The zero-order chi connectivity index (χ0) is 18.9. The van der Waals surface area contributed by atoms with Crippen molar-refractivity contribution < 1.29 is 0 Å². The Morgan fingerprint density at radius 2 is 1.59 bits per heavy atom. The predicted octanol–water partition coefficient (Wildman–Crippen LogP) is 6.17. The molecular weight excluding hydrogens is 348 g/mol. The smallest absolute Gasteiger partial charge is 0.0228 e. The van der Waals surface area contributed by atoms with Gasteiger partial charge in [-0.2, -0.15) is 0 Å². The van der Waals surface area contributed by atoms with Crippen LogP contribution in [0.4, 0.5) is 0 Å². The Hall–Kier alpha value is -1.29. The topological polar surface area (TPSA) is 15.3 Å². The second-order valence-electron chi connectivity index (χ2n) is 7.78. The summed E-state index contributed by atoms with van der Waals surface area (Å²) in [7, 11) is 0. The summed E-state index contributed by atoms with van der Waals surface area (Å²) in [5.74, 6) is 0. The summed E-state index contributed by atoms with van der Waals surface area (Å²) >= 11 is 1.75. The molecule has 0 radical (unpaired) electrons. The Labute approximate surface area is 169 Å². The van der Waals surface area contributed by atoms with Gasteiger partial charge in [0.1, 0.15) is 0 Å². The highest BCUT2D eigenvalue weighted by Gasteiger charge is 2.10. The standard InChI is InChI=1S/C24H34N2S/c1-3-4-7-20(2)25-27-24-14-12-23(13-15-24)22-10-8-21(9-11-22)16-19-26-17-5-6-18-26/h8-15,20,25H,3-7,16-19H2,1-2H3. The van der Waals surface area contributed by atoms with Crippen LogP contribution in [0.3, 0.4) is 0 Å². The molecule has 0 bridgehead atoms. The monoisotopic (exact) mass is 382 g/mol. The molecule has 0 aliphatic carbocycles.